The van der Waals surface area contributed by atoms with Crippen LogP contribution in [0.1, 0.15) is 68.2 Å². The first-order valence-electron chi connectivity index (χ1n) is 9.02. The number of hydrogen-bond donors (Lipinski definition) is 0. The van der Waals surface area contributed by atoms with E-state index >= 15 is 0 Å². The first-order chi connectivity index (χ1) is 12.2. The molecule has 0 aliphatic rings. The standard InChI is InChI=1S/C19H31F5O4/c1-9-16(6,7)17(8,10-15(3,4)5)14(26)28-12(2)13(25)27-11-18(20,21)19(22,23)24/h12H,9-11H2,1-8H3. The number of halogens is 5. The normalized spacial score (nSPS) is 16.9. The summed E-state index contributed by atoms with van der Waals surface area (Å²) in [6.45, 7) is 12.0. The lowest BCUT2D eigenvalue weighted by atomic mass is 9.59. The van der Waals surface area contributed by atoms with Gasteiger partial charge in [0, 0.05) is 0 Å². The number of hydrogen-bond acceptors (Lipinski definition) is 4. The minimum atomic E-state index is -5.84. The second-order valence-corrected chi connectivity index (χ2v) is 9.16. The van der Waals surface area contributed by atoms with Gasteiger partial charge in [0.2, 0.25) is 0 Å². The highest BCUT2D eigenvalue weighted by atomic mass is 19.4. The van der Waals surface area contributed by atoms with Crippen LogP contribution in [-0.2, 0) is 19.1 Å². The molecule has 9 heteroatoms. The zero-order valence-electron chi connectivity index (χ0n) is 17.7. The molecule has 0 saturated heterocycles. The largest absolute Gasteiger partial charge is 0.456 e. The van der Waals surface area contributed by atoms with E-state index in [1.54, 1.807) is 6.92 Å². The van der Waals surface area contributed by atoms with Gasteiger partial charge in [0.05, 0.1) is 5.41 Å². The first kappa shape index (κ1) is 26.6. The molecule has 0 bridgehead atoms. The molecule has 0 heterocycles. The van der Waals surface area contributed by atoms with Crippen LogP contribution in [0.15, 0.2) is 0 Å². The van der Waals surface area contributed by atoms with E-state index < -0.39 is 47.6 Å². The number of carbonyl (C=O) groups is 2. The van der Waals surface area contributed by atoms with Crippen LogP contribution in [0.4, 0.5) is 22.0 Å². The number of carbonyl (C=O) groups excluding carboxylic acids is 2. The summed E-state index contributed by atoms with van der Waals surface area (Å²) in [5.74, 6) is -7.39. The molecule has 0 amide bonds. The number of ether oxygens (including phenoxy) is 2. The van der Waals surface area contributed by atoms with Crippen LogP contribution < -0.4 is 0 Å². The fourth-order valence-corrected chi connectivity index (χ4v) is 2.74. The summed E-state index contributed by atoms with van der Waals surface area (Å²) >= 11 is 0. The van der Waals surface area contributed by atoms with Crippen molar-refractivity contribution in [3.63, 3.8) is 0 Å². The lowest BCUT2D eigenvalue weighted by Gasteiger charge is -2.45. The van der Waals surface area contributed by atoms with E-state index in [4.69, 9.17) is 4.74 Å². The summed E-state index contributed by atoms with van der Waals surface area (Å²) < 4.78 is 71.4. The molecule has 0 fully saturated rings. The minimum absolute atomic E-state index is 0.265. The van der Waals surface area contributed by atoms with Crippen molar-refractivity contribution in [1.82, 2.24) is 0 Å². The molecule has 2 atom stereocenters. The third-order valence-electron chi connectivity index (χ3n) is 5.14. The van der Waals surface area contributed by atoms with Gasteiger partial charge in [-0.3, -0.25) is 4.79 Å². The van der Waals surface area contributed by atoms with E-state index in [-0.39, 0.29) is 5.41 Å². The maximum absolute atomic E-state index is 12.9. The second kappa shape index (κ2) is 8.53. The molecular weight excluding hydrogens is 387 g/mol. The summed E-state index contributed by atoms with van der Waals surface area (Å²) in [5.41, 5.74) is -1.81. The van der Waals surface area contributed by atoms with E-state index in [2.05, 4.69) is 4.74 Å². The Kier molecular flexibility index (Phi) is 8.10. The van der Waals surface area contributed by atoms with Crippen molar-refractivity contribution < 1.29 is 41.0 Å². The Morgan fingerprint density at radius 1 is 0.929 bits per heavy atom. The molecule has 166 valence electrons. The SMILES string of the molecule is CCC(C)(C)C(C)(CC(C)(C)C)C(=O)OC(C)C(=O)OCC(F)(F)C(F)(F)F. The quantitative estimate of drug-likeness (QED) is 0.384. The summed E-state index contributed by atoms with van der Waals surface area (Å²) in [4.78, 5) is 24.6. The molecule has 4 nitrogen and oxygen atoms in total. The molecule has 0 N–H and O–H groups in total. The van der Waals surface area contributed by atoms with Crippen LogP contribution in [0.3, 0.4) is 0 Å². The second-order valence-electron chi connectivity index (χ2n) is 9.16. The average molecular weight is 418 g/mol. The maximum atomic E-state index is 12.9. The van der Waals surface area contributed by atoms with Crippen LogP contribution >= 0.6 is 0 Å². The highest BCUT2D eigenvalue weighted by molar-refractivity contribution is 5.82. The molecule has 2 unspecified atom stereocenters. The predicted molar refractivity (Wildman–Crippen MR) is 93.8 cm³/mol. The predicted octanol–water partition coefficient (Wildman–Crippen LogP) is 5.54. The van der Waals surface area contributed by atoms with E-state index in [0.29, 0.717) is 12.8 Å². The monoisotopic (exact) mass is 418 g/mol. The zero-order valence-corrected chi connectivity index (χ0v) is 17.7. The van der Waals surface area contributed by atoms with Crippen molar-refractivity contribution in [2.75, 3.05) is 6.61 Å². The van der Waals surface area contributed by atoms with Crippen molar-refractivity contribution in [2.24, 2.45) is 16.2 Å². The summed E-state index contributed by atoms with van der Waals surface area (Å²) in [5, 5.41) is 0. The van der Waals surface area contributed by atoms with Gasteiger partial charge in [0.1, 0.15) is 0 Å². The number of alkyl halides is 5. The van der Waals surface area contributed by atoms with Crippen molar-refractivity contribution >= 4 is 11.9 Å². The molecule has 0 aromatic heterocycles. The lowest BCUT2D eigenvalue weighted by Crippen LogP contribution is -2.47. The summed E-state index contributed by atoms with van der Waals surface area (Å²) in [6.07, 6.45) is -6.44. The Morgan fingerprint density at radius 2 is 1.39 bits per heavy atom. The minimum Gasteiger partial charge on any atom is -0.456 e. The van der Waals surface area contributed by atoms with Gasteiger partial charge in [-0.2, -0.15) is 22.0 Å². The summed E-state index contributed by atoms with van der Waals surface area (Å²) in [7, 11) is 0. The van der Waals surface area contributed by atoms with Gasteiger partial charge >= 0.3 is 24.0 Å². The third-order valence-corrected chi connectivity index (χ3v) is 5.14. The van der Waals surface area contributed by atoms with Crippen LogP contribution in [-0.4, -0.2) is 36.7 Å². The van der Waals surface area contributed by atoms with Crippen molar-refractivity contribution in [3.05, 3.63) is 0 Å². The van der Waals surface area contributed by atoms with Gasteiger partial charge in [-0.05, 0) is 37.5 Å². The van der Waals surface area contributed by atoms with Crippen molar-refractivity contribution in [1.29, 1.82) is 0 Å². The fraction of sp³-hybridized carbons (Fsp3) is 0.895. The lowest BCUT2D eigenvalue weighted by molar-refractivity contribution is -0.294. The topological polar surface area (TPSA) is 52.6 Å². The van der Waals surface area contributed by atoms with Gasteiger partial charge in [-0.15, -0.1) is 0 Å². The molecule has 0 radical (unpaired) electrons. The molecule has 0 aromatic rings. The third kappa shape index (κ3) is 6.58. The molecule has 0 aliphatic heterocycles. The fourth-order valence-electron chi connectivity index (χ4n) is 2.74. The summed E-state index contributed by atoms with van der Waals surface area (Å²) in [6, 6.07) is 0. The Morgan fingerprint density at radius 3 is 1.75 bits per heavy atom. The Bertz CT molecular complexity index is 564. The Balaban J connectivity index is 5.30. The first-order valence-corrected chi connectivity index (χ1v) is 9.02. The molecule has 0 saturated carbocycles. The zero-order chi connectivity index (χ0) is 22.8. The highest BCUT2D eigenvalue weighted by Crippen LogP contribution is 2.49. The van der Waals surface area contributed by atoms with E-state index in [1.807, 2.05) is 41.5 Å². The Labute approximate surface area is 163 Å². The molecule has 28 heavy (non-hydrogen) atoms. The van der Waals surface area contributed by atoms with Crippen LogP contribution in [0.2, 0.25) is 0 Å². The molecule has 0 rings (SSSR count). The van der Waals surface area contributed by atoms with Gasteiger partial charge < -0.3 is 9.47 Å². The maximum Gasteiger partial charge on any atom is 0.456 e. The van der Waals surface area contributed by atoms with Gasteiger partial charge in [-0.1, -0.05) is 41.5 Å². The van der Waals surface area contributed by atoms with E-state index in [0.717, 1.165) is 6.92 Å². The number of esters is 2. The van der Waals surface area contributed by atoms with Crippen LogP contribution in [0.25, 0.3) is 0 Å². The van der Waals surface area contributed by atoms with E-state index in [1.165, 1.54) is 0 Å². The molecule has 0 aromatic carbocycles. The highest BCUT2D eigenvalue weighted by Gasteiger charge is 2.58. The Hall–Kier alpha value is -1.41. The average Bonchev–Trinajstić information content (AvgIpc) is 2.49. The van der Waals surface area contributed by atoms with Gasteiger partial charge in [0.15, 0.2) is 12.7 Å². The smallest absolute Gasteiger partial charge is 0.456 e. The van der Waals surface area contributed by atoms with Gasteiger partial charge in [0.25, 0.3) is 0 Å². The van der Waals surface area contributed by atoms with Crippen molar-refractivity contribution in [3.8, 4) is 0 Å². The van der Waals surface area contributed by atoms with Gasteiger partial charge in [-0.25, -0.2) is 4.79 Å². The molecular formula is C19H31F5O4. The van der Waals surface area contributed by atoms with E-state index in [9.17, 15) is 31.5 Å². The van der Waals surface area contributed by atoms with Crippen LogP contribution in [0, 0.1) is 16.2 Å². The molecule has 0 spiro atoms. The molecule has 0 aliphatic carbocycles. The van der Waals surface area contributed by atoms with Crippen LogP contribution in [0.5, 0.6) is 0 Å². The van der Waals surface area contributed by atoms with Crippen molar-refractivity contribution in [2.45, 2.75) is 86.4 Å². The number of rotatable bonds is 8.